The standard InChI is InChI=1S/C17H25N3O5S/c1-11(2)25-12(8-20-26(3,22)23)10-24-17(21)16(18)14-9-19-15-7-5-4-6-13(14)15/h4-7,9,11-12,16,19-20H,8,10,18H2,1-3H3/t12-,16-/m0/s1. The van der Waals surface area contributed by atoms with Crippen LogP contribution in [0.15, 0.2) is 30.5 Å². The second-order valence-corrected chi connectivity index (χ2v) is 8.16. The van der Waals surface area contributed by atoms with Crippen LogP contribution in [0.3, 0.4) is 0 Å². The van der Waals surface area contributed by atoms with E-state index in [9.17, 15) is 13.2 Å². The number of ether oxygens (including phenoxy) is 2. The lowest BCUT2D eigenvalue weighted by atomic mass is 10.1. The Labute approximate surface area is 153 Å². The number of esters is 1. The van der Waals surface area contributed by atoms with Crippen molar-refractivity contribution in [2.45, 2.75) is 32.1 Å². The molecule has 4 N–H and O–H groups in total. The van der Waals surface area contributed by atoms with E-state index in [2.05, 4.69) is 9.71 Å². The summed E-state index contributed by atoms with van der Waals surface area (Å²) < 4.78 is 35.7. The number of hydrogen-bond donors (Lipinski definition) is 3. The largest absolute Gasteiger partial charge is 0.461 e. The average Bonchev–Trinajstić information content (AvgIpc) is 2.99. The van der Waals surface area contributed by atoms with Gasteiger partial charge in [0.15, 0.2) is 0 Å². The van der Waals surface area contributed by atoms with Crippen LogP contribution < -0.4 is 10.5 Å². The maximum atomic E-state index is 12.3. The van der Waals surface area contributed by atoms with Gasteiger partial charge in [0.2, 0.25) is 10.0 Å². The Kier molecular flexibility index (Phi) is 6.76. The number of benzene rings is 1. The van der Waals surface area contributed by atoms with Gasteiger partial charge in [0.1, 0.15) is 18.8 Å². The molecule has 0 bridgehead atoms. The van der Waals surface area contributed by atoms with E-state index in [1.54, 1.807) is 6.20 Å². The van der Waals surface area contributed by atoms with E-state index in [4.69, 9.17) is 15.2 Å². The normalized spacial score (nSPS) is 14.5. The predicted octanol–water partition coefficient (Wildman–Crippen LogP) is 1.05. The molecule has 1 aromatic carbocycles. The number of nitrogens with one attached hydrogen (secondary N) is 2. The molecule has 2 aromatic rings. The van der Waals surface area contributed by atoms with Crippen LogP contribution >= 0.6 is 0 Å². The van der Waals surface area contributed by atoms with Crippen molar-refractivity contribution in [3.8, 4) is 0 Å². The highest BCUT2D eigenvalue weighted by Crippen LogP contribution is 2.23. The number of rotatable bonds is 9. The van der Waals surface area contributed by atoms with Gasteiger partial charge >= 0.3 is 5.97 Å². The zero-order valence-corrected chi connectivity index (χ0v) is 15.9. The lowest BCUT2D eigenvalue weighted by Gasteiger charge is -2.21. The van der Waals surface area contributed by atoms with Gasteiger partial charge in [-0.3, -0.25) is 0 Å². The van der Waals surface area contributed by atoms with Gasteiger partial charge in [0.25, 0.3) is 0 Å². The van der Waals surface area contributed by atoms with Crippen molar-refractivity contribution >= 4 is 26.9 Å². The minimum atomic E-state index is -3.37. The molecule has 0 saturated carbocycles. The van der Waals surface area contributed by atoms with Crippen molar-refractivity contribution in [2.75, 3.05) is 19.4 Å². The minimum absolute atomic E-state index is 0.00656. The first kappa shape index (κ1) is 20.4. The molecule has 26 heavy (non-hydrogen) atoms. The number of sulfonamides is 1. The lowest BCUT2D eigenvalue weighted by molar-refractivity contribution is -0.150. The fourth-order valence-corrected chi connectivity index (χ4v) is 3.01. The summed E-state index contributed by atoms with van der Waals surface area (Å²) in [6.07, 6.45) is 1.98. The quantitative estimate of drug-likeness (QED) is 0.556. The van der Waals surface area contributed by atoms with E-state index < -0.39 is 28.1 Å². The SMILES string of the molecule is CC(C)O[C@@H](CNS(C)(=O)=O)COC(=O)[C@@H](N)c1c[nH]c2ccccc12. The number of H-pyrrole nitrogens is 1. The predicted molar refractivity (Wildman–Crippen MR) is 99.0 cm³/mol. The van der Waals surface area contributed by atoms with E-state index in [0.29, 0.717) is 5.56 Å². The van der Waals surface area contributed by atoms with Gasteiger partial charge in [-0.15, -0.1) is 0 Å². The zero-order valence-electron chi connectivity index (χ0n) is 15.1. The van der Waals surface area contributed by atoms with E-state index in [0.717, 1.165) is 17.2 Å². The molecular weight excluding hydrogens is 358 g/mol. The zero-order chi connectivity index (χ0) is 19.3. The number of carbonyl (C=O) groups is 1. The number of nitrogens with two attached hydrogens (primary N) is 1. The van der Waals surface area contributed by atoms with Crippen LogP contribution in [-0.4, -0.2) is 51.0 Å². The molecule has 0 unspecified atom stereocenters. The Morgan fingerprint density at radius 3 is 2.65 bits per heavy atom. The van der Waals surface area contributed by atoms with Crippen molar-refractivity contribution < 1.29 is 22.7 Å². The molecule has 9 heteroatoms. The molecule has 2 atom stereocenters. The summed E-state index contributed by atoms with van der Waals surface area (Å²) in [5.74, 6) is -0.605. The molecule has 144 valence electrons. The molecule has 1 heterocycles. The number of carbonyl (C=O) groups excluding carboxylic acids is 1. The Hall–Kier alpha value is -1.94. The molecule has 0 aliphatic heterocycles. The molecule has 0 fully saturated rings. The maximum absolute atomic E-state index is 12.3. The Balaban J connectivity index is 1.99. The van der Waals surface area contributed by atoms with Crippen LogP contribution in [0.1, 0.15) is 25.5 Å². The minimum Gasteiger partial charge on any atom is -0.461 e. The Morgan fingerprint density at radius 2 is 2.00 bits per heavy atom. The average molecular weight is 383 g/mol. The molecular formula is C17H25N3O5S. The number of fused-ring (bicyclic) bond motifs is 1. The monoisotopic (exact) mass is 383 g/mol. The second-order valence-electron chi connectivity index (χ2n) is 6.32. The first-order valence-electron chi connectivity index (χ1n) is 8.25. The number of aromatic nitrogens is 1. The highest BCUT2D eigenvalue weighted by Gasteiger charge is 2.23. The first-order valence-corrected chi connectivity index (χ1v) is 10.1. The van der Waals surface area contributed by atoms with Gasteiger partial charge in [0, 0.05) is 29.2 Å². The molecule has 0 spiro atoms. The van der Waals surface area contributed by atoms with Crippen LogP contribution in [-0.2, 0) is 24.3 Å². The van der Waals surface area contributed by atoms with Gasteiger partial charge in [-0.05, 0) is 19.9 Å². The Bertz CT molecular complexity index is 847. The smallest absolute Gasteiger partial charge is 0.327 e. The second kappa shape index (κ2) is 8.63. The number of para-hydroxylation sites is 1. The summed E-state index contributed by atoms with van der Waals surface area (Å²) in [5, 5.41) is 0.852. The van der Waals surface area contributed by atoms with Crippen molar-refractivity contribution in [1.29, 1.82) is 0 Å². The molecule has 2 rings (SSSR count). The van der Waals surface area contributed by atoms with Crippen LogP contribution in [0.5, 0.6) is 0 Å². The molecule has 0 aliphatic carbocycles. The fourth-order valence-electron chi connectivity index (χ4n) is 2.52. The summed E-state index contributed by atoms with van der Waals surface area (Å²) in [7, 11) is -3.37. The van der Waals surface area contributed by atoms with E-state index in [1.807, 2.05) is 38.1 Å². The van der Waals surface area contributed by atoms with Crippen LogP contribution in [0.2, 0.25) is 0 Å². The first-order chi connectivity index (χ1) is 12.2. The van der Waals surface area contributed by atoms with E-state index in [-0.39, 0.29) is 19.3 Å². The maximum Gasteiger partial charge on any atom is 0.327 e. The summed E-state index contributed by atoms with van der Waals surface area (Å²) in [6, 6.07) is 6.56. The third kappa shape index (κ3) is 5.80. The third-order valence-corrected chi connectivity index (χ3v) is 4.35. The van der Waals surface area contributed by atoms with Gasteiger partial charge in [-0.1, -0.05) is 18.2 Å². The van der Waals surface area contributed by atoms with E-state index in [1.165, 1.54) is 0 Å². The van der Waals surface area contributed by atoms with Gasteiger partial charge in [-0.2, -0.15) is 0 Å². The van der Waals surface area contributed by atoms with Crippen LogP contribution in [0.4, 0.5) is 0 Å². The fraction of sp³-hybridized carbons (Fsp3) is 0.471. The molecule has 0 amide bonds. The van der Waals surface area contributed by atoms with Crippen molar-refractivity contribution in [2.24, 2.45) is 5.73 Å². The molecule has 0 radical (unpaired) electrons. The topological polar surface area (TPSA) is 124 Å². The van der Waals surface area contributed by atoms with Gasteiger partial charge in [-0.25, -0.2) is 17.9 Å². The number of aromatic amines is 1. The summed E-state index contributed by atoms with van der Waals surface area (Å²) in [6.45, 7) is 3.53. The highest BCUT2D eigenvalue weighted by molar-refractivity contribution is 7.88. The molecule has 0 saturated heterocycles. The summed E-state index contributed by atoms with van der Waals surface area (Å²) in [5.41, 5.74) is 7.55. The Morgan fingerprint density at radius 1 is 1.31 bits per heavy atom. The highest BCUT2D eigenvalue weighted by atomic mass is 32.2. The van der Waals surface area contributed by atoms with Gasteiger partial charge < -0.3 is 20.2 Å². The third-order valence-electron chi connectivity index (χ3n) is 3.66. The summed E-state index contributed by atoms with van der Waals surface area (Å²) in [4.78, 5) is 15.4. The summed E-state index contributed by atoms with van der Waals surface area (Å²) >= 11 is 0. The molecule has 1 aromatic heterocycles. The van der Waals surface area contributed by atoms with Crippen molar-refractivity contribution in [1.82, 2.24) is 9.71 Å². The van der Waals surface area contributed by atoms with Gasteiger partial charge in [0.05, 0.1) is 12.4 Å². The molecule has 0 aliphatic rings. The van der Waals surface area contributed by atoms with Crippen LogP contribution in [0, 0.1) is 0 Å². The number of hydrogen-bond acceptors (Lipinski definition) is 6. The molecule has 8 nitrogen and oxygen atoms in total. The van der Waals surface area contributed by atoms with E-state index >= 15 is 0 Å². The lowest BCUT2D eigenvalue weighted by Crippen LogP contribution is -2.38. The van der Waals surface area contributed by atoms with Crippen LogP contribution in [0.25, 0.3) is 10.9 Å². The van der Waals surface area contributed by atoms with Crippen molar-refractivity contribution in [3.63, 3.8) is 0 Å². The van der Waals surface area contributed by atoms with Crippen molar-refractivity contribution in [3.05, 3.63) is 36.0 Å².